The van der Waals surface area contributed by atoms with Crippen LogP contribution in [0.2, 0.25) is 0 Å². The quantitative estimate of drug-likeness (QED) is 0.0921. The van der Waals surface area contributed by atoms with Gasteiger partial charge in [-0.25, -0.2) is 0 Å². The maximum Gasteiger partial charge on any atom is 0.288 e. The normalized spacial score (nSPS) is 12.2. The molecule has 0 aliphatic rings. The third-order valence-electron chi connectivity index (χ3n) is 7.19. The molecule has 0 fully saturated rings. The van der Waals surface area contributed by atoms with E-state index in [0.29, 0.717) is 0 Å². The number of thiophene rings is 3. The molecule has 0 amide bonds. The van der Waals surface area contributed by atoms with Crippen LogP contribution in [0.15, 0.2) is 24.5 Å². The summed E-state index contributed by atoms with van der Waals surface area (Å²) in [6, 6.07) is 4.66. The van der Waals surface area contributed by atoms with Crippen molar-refractivity contribution in [3.05, 3.63) is 59.2 Å². The highest BCUT2D eigenvalue weighted by atomic mass is 79.9. The van der Waals surface area contributed by atoms with Crippen LogP contribution in [0.25, 0.3) is 33.7 Å². The molecule has 0 aliphatic heterocycles. The first-order chi connectivity index (χ1) is 20.0. The highest BCUT2D eigenvalue weighted by Gasteiger charge is 2.13. The largest absolute Gasteiger partial charge is 0.288 e. The fraction of sp³-hybridized carbons (Fsp3) is 0.485. The molecule has 0 bridgehead atoms. The molecule has 0 saturated carbocycles. The second-order valence-electron chi connectivity index (χ2n) is 10.5. The summed E-state index contributed by atoms with van der Waals surface area (Å²) in [5.41, 5.74) is 2.84. The average Bonchev–Trinajstić information content (AvgIpc) is 3.69. The Hall–Kier alpha value is -0.350. The standard InChI is InChI=1S/C33H40Br2OS5/c1-3-5-7-9-11-13-15-23-21-25(37-31(23)34)17-19-27-29-30(41-33(36)40-29)28(39-27)20-18-26-22-24(32(35)38-26)16-14-12-10-8-6-4-2/h17-22H,3-16H2,1-2H3/b19-17+,20-18+. The maximum absolute atomic E-state index is 12.4. The third kappa shape index (κ3) is 10.4. The monoisotopic (exact) mass is 770 g/mol. The molecule has 0 aromatic carbocycles. The van der Waals surface area contributed by atoms with Gasteiger partial charge < -0.3 is 0 Å². The Labute approximate surface area is 282 Å². The summed E-state index contributed by atoms with van der Waals surface area (Å²) in [4.78, 5) is 17.2. The lowest BCUT2D eigenvalue weighted by atomic mass is 10.1. The smallest absolute Gasteiger partial charge is 0.265 e. The molecule has 0 radical (unpaired) electrons. The van der Waals surface area contributed by atoms with E-state index < -0.39 is 0 Å². The molecule has 0 N–H and O–H groups in total. The van der Waals surface area contributed by atoms with Crippen LogP contribution in [-0.4, -0.2) is 0 Å². The number of hydrogen-bond acceptors (Lipinski definition) is 6. The molecule has 41 heavy (non-hydrogen) atoms. The first kappa shape index (κ1) is 33.5. The van der Waals surface area contributed by atoms with Gasteiger partial charge in [0.15, 0.2) is 0 Å². The number of rotatable bonds is 18. The molecule has 4 aromatic heterocycles. The minimum atomic E-state index is 0.173. The van der Waals surface area contributed by atoms with Crippen LogP contribution in [0, 0.1) is 0 Å². The van der Waals surface area contributed by atoms with Crippen LogP contribution < -0.4 is 4.06 Å². The van der Waals surface area contributed by atoms with E-state index in [1.165, 1.54) is 138 Å². The summed E-state index contributed by atoms with van der Waals surface area (Å²) in [6.45, 7) is 4.54. The van der Waals surface area contributed by atoms with Crippen LogP contribution in [-0.2, 0) is 12.8 Å². The Morgan fingerprint density at radius 3 is 1.41 bits per heavy atom. The minimum Gasteiger partial charge on any atom is -0.265 e. The van der Waals surface area contributed by atoms with Crippen LogP contribution in [0.4, 0.5) is 0 Å². The molecule has 4 heterocycles. The highest BCUT2D eigenvalue weighted by molar-refractivity contribution is 9.11. The molecule has 0 aliphatic carbocycles. The van der Waals surface area contributed by atoms with E-state index in [1.54, 1.807) is 34.0 Å². The summed E-state index contributed by atoms with van der Waals surface area (Å²) in [7, 11) is 0. The van der Waals surface area contributed by atoms with Crippen molar-refractivity contribution in [2.45, 2.75) is 104 Å². The summed E-state index contributed by atoms with van der Waals surface area (Å²) in [6.07, 6.45) is 27.0. The predicted octanol–water partition coefficient (Wildman–Crippen LogP) is 14.2. The number of hydrogen-bond donors (Lipinski definition) is 0. The molecule has 0 atom stereocenters. The van der Waals surface area contributed by atoms with Gasteiger partial charge in [0.1, 0.15) is 0 Å². The first-order valence-corrected chi connectivity index (χ1v) is 20.6. The van der Waals surface area contributed by atoms with E-state index in [4.69, 9.17) is 0 Å². The molecular weight excluding hydrogens is 733 g/mol. The Morgan fingerprint density at radius 2 is 0.976 bits per heavy atom. The summed E-state index contributed by atoms with van der Waals surface area (Å²) >= 11 is 15.8. The van der Waals surface area contributed by atoms with Crippen molar-refractivity contribution in [3.63, 3.8) is 0 Å². The van der Waals surface area contributed by atoms with Gasteiger partial charge in [-0.1, -0.05) is 101 Å². The molecule has 8 heteroatoms. The Balaban J connectivity index is 1.40. The van der Waals surface area contributed by atoms with Crippen molar-refractivity contribution in [2.75, 3.05) is 0 Å². The molecule has 222 valence electrons. The van der Waals surface area contributed by atoms with Gasteiger partial charge in [-0.05, 0) is 105 Å². The second-order valence-corrected chi connectivity index (χ2v) is 18.7. The molecule has 4 rings (SSSR count). The van der Waals surface area contributed by atoms with E-state index in [9.17, 15) is 4.79 Å². The molecule has 4 aromatic rings. The van der Waals surface area contributed by atoms with E-state index in [1.807, 2.05) is 0 Å². The lowest BCUT2D eigenvalue weighted by molar-refractivity contribution is 0.607. The van der Waals surface area contributed by atoms with Crippen molar-refractivity contribution >= 4 is 122 Å². The second kappa shape index (κ2) is 17.8. The Bertz CT molecular complexity index is 1370. The van der Waals surface area contributed by atoms with E-state index in [-0.39, 0.29) is 4.06 Å². The lowest BCUT2D eigenvalue weighted by Gasteiger charge is -2.00. The Morgan fingerprint density at radius 1 is 0.561 bits per heavy atom. The van der Waals surface area contributed by atoms with Crippen LogP contribution in [0.3, 0.4) is 0 Å². The summed E-state index contributed by atoms with van der Waals surface area (Å²) in [5, 5.41) is 0. The minimum absolute atomic E-state index is 0.173. The van der Waals surface area contributed by atoms with Gasteiger partial charge in [0.05, 0.1) is 17.0 Å². The summed E-state index contributed by atoms with van der Waals surface area (Å²) < 4.78 is 4.93. The number of halogens is 2. The van der Waals surface area contributed by atoms with E-state index in [0.717, 1.165) is 22.2 Å². The number of fused-ring (bicyclic) bond motifs is 1. The van der Waals surface area contributed by atoms with Crippen molar-refractivity contribution < 1.29 is 0 Å². The molecular formula is C33H40Br2OS5. The fourth-order valence-electron chi connectivity index (χ4n) is 4.90. The van der Waals surface area contributed by atoms with Gasteiger partial charge in [0, 0.05) is 19.5 Å². The molecule has 0 spiro atoms. The topological polar surface area (TPSA) is 17.1 Å². The van der Waals surface area contributed by atoms with Gasteiger partial charge in [0.2, 0.25) is 0 Å². The van der Waals surface area contributed by atoms with E-state index >= 15 is 0 Å². The van der Waals surface area contributed by atoms with Crippen LogP contribution in [0.5, 0.6) is 0 Å². The van der Waals surface area contributed by atoms with Gasteiger partial charge >= 0.3 is 0 Å². The van der Waals surface area contributed by atoms with Crippen LogP contribution in [0.1, 0.15) is 122 Å². The van der Waals surface area contributed by atoms with Gasteiger partial charge in [-0.3, -0.25) is 4.79 Å². The summed E-state index contributed by atoms with van der Waals surface area (Å²) in [5.74, 6) is 0. The zero-order valence-corrected chi connectivity index (χ0v) is 31.3. The van der Waals surface area contributed by atoms with Crippen molar-refractivity contribution in [2.24, 2.45) is 0 Å². The number of aryl methyl sites for hydroxylation is 2. The third-order valence-corrected chi connectivity index (χ3v) is 14.6. The average molecular weight is 773 g/mol. The van der Waals surface area contributed by atoms with Crippen molar-refractivity contribution in [1.29, 1.82) is 0 Å². The zero-order valence-electron chi connectivity index (χ0n) is 24.1. The van der Waals surface area contributed by atoms with Crippen LogP contribution >= 0.6 is 88.5 Å². The molecule has 1 nitrogen and oxygen atoms in total. The van der Waals surface area contributed by atoms with Gasteiger partial charge in [-0.2, -0.15) is 0 Å². The highest BCUT2D eigenvalue weighted by Crippen LogP contribution is 2.40. The molecule has 0 unspecified atom stereocenters. The van der Waals surface area contributed by atoms with Gasteiger partial charge in [0.25, 0.3) is 4.06 Å². The zero-order chi connectivity index (χ0) is 29.0. The fourth-order valence-corrected chi connectivity index (χ4v) is 11.8. The lowest BCUT2D eigenvalue weighted by Crippen LogP contribution is -1.84. The maximum atomic E-state index is 12.4. The first-order valence-electron chi connectivity index (χ1n) is 15.0. The van der Waals surface area contributed by atoms with Crippen molar-refractivity contribution in [3.8, 4) is 0 Å². The Kier molecular flexibility index (Phi) is 14.6. The number of unbranched alkanes of at least 4 members (excludes halogenated alkanes) is 10. The molecule has 0 saturated heterocycles. The van der Waals surface area contributed by atoms with Crippen molar-refractivity contribution in [1.82, 2.24) is 0 Å². The van der Waals surface area contributed by atoms with E-state index in [2.05, 4.69) is 82.1 Å². The predicted molar refractivity (Wildman–Crippen MR) is 200 cm³/mol. The SMILES string of the molecule is CCCCCCCCc1cc(/C=C/c2sc(/C=C/c3cc(CCCCCCCC)c(Br)s3)c3sc(=O)sc23)sc1Br. The van der Waals surface area contributed by atoms with Gasteiger partial charge in [-0.15, -0.1) is 34.0 Å².